The lowest BCUT2D eigenvalue weighted by Crippen LogP contribution is -3.13. The maximum atomic E-state index is 12.1. The minimum atomic E-state index is -0.352. The average Bonchev–Trinajstić information content (AvgIpc) is 3.00. The van der Waals surface area contributed by atoms with Crippen LogP contribution in [0.1, 0.15) is 30.3 Å². The number of quaternary nitrogens is 1. The Labute approximate surface area is 139 Å². The lowest BCUT2D eigenvalue weighted by molar-refractivity contribution is -0.927. The van der Waals surface area contributed by atoms with Crippen molar-refractivity contribution in [1.82, 2.24) is 10.6 Å². The van der Waals surface area contributed by atoms with Gasteiger partial charge in [0.2, 0.25) is 0 Å². The molecule has 2 aliphatic heterocycles. The van der Waals surface area contributed by atoms with Crippen LogP contribution in [-0.4, -0.2) is 38.2 Å². The fraction of sp³-hybridized carbons (Fsp3) is 0.500. The Balaban J connectivity index is 1.81. The van der Waals surface area contributed by atoms with Crippen LogP contribution < -0.4 is 15.5 Å². The molecule has 0 fully saturated rings. The van der Waals surface area contributed by atoms with E-state index in [1.807, 2.05) is 11.3 Å². The summed E-state index contributed by atoms with van der Waals surface area (Å²) in [5.74, 6) is -0.352. The van der Waals surface area contributed by atoms with Crippen molar-refractivity contribution in [1.29, 1.82) is 0 Å². The first-order valence-corrected chi connectivity index (χ1v) is 8.83. The Kier molecular flexibility index (Phi) is 4.68. The second-order valence-corrected chi connectivity index (χ2v) is 6.84. The van der Waals surface area contributed by atoms with Crippen molar-refractivity contribution in [3.63, 3.8) is 0 Å². The molecule has 3 rings (SSSR count). The summed E-state index contributed by atoms with van der Waals surface area (Å²) in [6.45, 7) is 6.16. The average molecular weight is 336 g/mol. The number of rotatable bonds is 4. The molecular formula is C16H22N3O3S+. The summed E-state index contributed by atoms with van der Waals surface area (Å²) in [5.41, 5.74) is 2.60. The topological polar surface area (TPSA) is 71.9 Å². The molecule has 2 atom stereocenters. The van der Waals surface area contributed by atoms with Crippen molar-refractivity contribution in [2.75, 3.05) is 26.2 Å². The zero-order valence-electron chi connectivity index (χ0n) is 13.4. The number of urea groups is 1. The molecular weight excluding hydrogens is 314 g/mol. The highest BCUT2D eigenvalue weighted by Crippen LogP contribution is 2.24. The summed E-state index contributed by atoms with van der Waals surface area (Å²) >= 11 is 1.81. The first-order chi connectivity index (χ1) is 11.1. The smallest absolute Gasteiger partial charge is 0.337 e. The molecule has 0 spiro atoms. The van der Waals surface area contributed by atoms with Crippen LogP contribution in [-0.2, 0) is 16.0 Å². The summed E-state index contributed by atoms with van der Waals surface area (Å²) in [7, 11) is 0. The molecule has 6 nitrogen and oxygen atoms in total. The Hall–Kier alpha value is -1.86. The molecule has 0 bridgehead atoms. The Morgan fingerprint density at radius 3 is 3.13 bits per heavy atom. The van der Waals surface area contributed by atoms with Gasteiger partial charge in [0, 0.05) is 16.9 Å². The summed E-state index contributed by atoms with van der Waals surface area (Å²) in [6.07, 6.45) is 1.04. The van der Waals surface area contributed by atoms with Crippen molar-refractivity contribution in [3.05, 3.63) is 33.2 Å². The first kappa shape index (κ1) is 16.0. The Bertz CT molecular complexity index is 653. The van der Waals surface area contributed by atoms with Crippen LogP contribution in [0.3, 0.4) is 0 Å². The number of amides is 2. The second kappa shape index (κ2) is 6.72. The zero-order chi connectivity index (χ0) is 16.4. The molecule has 3 N–H and O–H groups in total. The third-order valence-corrected chi connectivity index (χ3v) is 5.51. The molecule has 1 unspecified atom stereocenters. The minimum absolute atomic E-state index is 0.228. The van der Waals surface area contributed by atoms with Crippen molar-refractivity contribution in [3.8, 4) is 0 Å². The highest BCUT2D eigenvalue weighted by molar-refractivity contribution is 7.10. The summed E-state index contributed by atoms with van der Waals surface area (Å²) < 4.78 is 5.11. The molecule has 3 heterocycles. The Morgan fingerprint density at radius 1 is 1.52 bits per heavy atom. The van der Waals surface area contributed by atoms with E-state index in [0.717, 1.165) is 13.0 Å². The number of hydrogen-bond acceptors (Lipinski definition) is 4. The molecule has 7 heteroatoms. The van der Waals surface area contributed by atoms with Gasteiger partial charge in [-0.25, -0.2) is 9.59 Å². The van der Waals surface area contributed by atoms with Gasteiger partial charge < -0.3 is 20.3 Å². The van der Waals surface area contributed by atoms with Crippen LogP contribution in [0.25, 0.3) is 0 Å². The number of ether oxygens (including phenoxy) is 1. The van der Waals surface area contributed by atoms with Gasteiger partial charge in [-0.05, 0) is 25.3 Å². The van der Waals surface area contributed by atoms with Crippen molar-refractivity contribution >= 4 is 23.3 Å². The van der Waals surface area contributed by atoms with Gasteiger partial charge in [-0.2, -0.15) is 0 Å². The van der Waals surface area contributed by atoms with Gasteiger partial charge in [0.25, 0.3) is 0 Å². The molecule has 2 amide bonds. The number of esters is 1. The third kappa shape index (κ3) is 3.25. The van der Waals surface area contributed by atoms with Crippen LogP contribution in [0.15, 0.2) is 22.7 Å². The van der Waals surface area contributed by atoms with E-state index in [2.05, 4.69) is 29.0 Å². The standard InChI is InChI=1S/C16H21N3O3S/c1-3-22-15(20)12-8-17-16(21)18-13(12)9-19-6-4-14-11(10(19)2)5-7-23-14/h5,7,10H,3-4,6,8-9H2,1-2H3,(H2,17,18,21)/p+1/t10-/m0/s1. The number of thiophene rings is 1. The maximum Gasteiger partial charge on any atom is 0.337 e. The van der Waals surface area contributed by atoms with Crippen molar-refractivity contribution in [2.45, 2.75) is 26.3 Å². The van der Waals surface area contributed by atoms with E-state index in [1.165, 1.54) is 15.3 Å². The van der Waals surface area contributed by atoms with E-state index in [-0.39, 0.29) is 18.5 Å². The van der Waals surface area contributed by atoms with Gasteiger partial charge in [-0.15, -0.1) is 11.3 Å². The van der Waals surface area contributed by atoms with Gasteiger partial charge in [0.15, 0.2) is 0 Å². The summed E-state index contributed by atoms with van der Waals surface area (Å²) in [6, 6.07) is 2.28. The molecule has 0 aromatic carbocycles. The number of nitrogens with one attached hydrogen (secondary N) is 3. The van der Waals surface area contributed by atoms with Gasteiger partial charge in [0.1, 0.15) is 12.6 Å². The van der Waals surface area contributed by atoms with Crippen LogP contribution in [0.4, 0.5) is 4.79 Å². The molecule has 1 aromatic rings. The molecule has 0 saturated carbocycles. The SMILES string of the molecule is CCOC(=O)C1=C(C[NH+]2CCc3sccc3[C@@H]2C)NC(=O)NC1. The van der Waals surface area contributed by atoms with E-state index in [1.54, 1.807) is 6.92 Å². The zero-order valence-corrected chi connectivity index (χ0v) is 14.2. The van der Waals surface area contributed by atoms with Crippen LogP contribution >= 0.6 is 11.3 Å². The fourth-order valence-electron chi connectivity index (χ4n) is 3.22. The molecule has 23 heavy (non-hydrogen) atoms. The number of carbonyl (C=O) groups is 2. The van der Waals surface area contributed by atoms with E-state index >= 15 is 0 Å². The number of carbonyl (C=O) groups excluding carboxylic acids is 2. The van der Waals surface area contributed by atoms with Crippen LogP contribution in [0.2, 0.25) is 0 Å². The van der Waals surface area contributed by atoms with Crippen molar-refractivity contribution in [2.24, 2.45) is 0 Å². The summed E-state index contributed by atoms with van der Waals surface area (Å²) in [4.78, 5) is 26.6. The monoisotopic (exact) mass is 336 g/mol. The second-order valence-electron chi connectivity index (χ2n) is 5.84. The first-order valence-electron chi connectivity index (χ1n) is 7.95. The molecule has 0 saturated heterocycles. The maximum absolute atomic E-state index is 12.1. The predicted octanol–water partition coefficient (Wildman–Crippen LogP) is 0.380. The normalized spacial score (nSPS) is 23.8. The van der Waals surface area contributed by atoms with E-state index in [9.17, 15) is 9.59 Å². The largest absolute Gasteiger partial charge is 0.463 e. The molecule has 2 aliphatic rings. The van der Waals surface area contributed by atoms with Crippen molar-refractivity contribution < 1.29 is 19.2 Å². The quantitative estimate of drug-likeness (QED) is 0.696. The fourth-order valence-corrected chi connectivity index (χ4v) is 4.19. The lowest BCUT2D eigenvalue weighted by Gasteiger charge is -2.32. The lowest BCUT2D eigenvalue weighted by atomic mass is 10.0. The van der Waals surface area contributed by atoms with E-state index in [4.69, 9.17) is 4.74 Å². The van der Waals surface area contributed by atoms with Gasteiger partial charge in [-0.1, -0.05) is 0 Å². The third-order valence-electron chi connectivity index (χ3n) is 4.51. The number of fused-ring (bicyclic) bond motifs is 1. The highest BCUT2D eigenvalue weighted by atomic mass is 32.1. The van der Waals surface area contributed by atoms with Gasteiger partial charge >= 0.3 is 12.0 Å². The predicted molar refractivity (Wildman–Crippen MR) is 87.3 cm³/mol. The molecule has 0 aliphatic carbocycles. The minimum Gasteiger partial charge on any atom is -0.463 e. The number of hydrogen-bond donors (Lipinski definition) is 3. The van der Waals surface area contributed by atoms with E-state index < -0.39 is 0 Å². The molecule has 0 radical (unpaired) electrons. The molecule has 124 valence electrons. The summed E-state index contributed by atoms with van der Waals surface area (Å²) in [5, 5.41) is 7.59. The van der Waals surface area contributed by atoms with Crippen LogP contribution in [0.5, 0.6) is 0 Å². The van der Waals surface area contributed by atoms with Crippen LogP contribution in [0, 0.1) is 0 Å². The highest BCUT2D eigenvalue weighted by Gasteiger charge is 2.32. The Morgan fingerprint density at radius 2 is 2.35 bits per heavy atom. The molecule has 1 aromatic heterocycles. The van der Waals surface area contributed by atoms with Gasteiger partial charge in [0.05, 0.1) is 31.0 Å². The van der Waals surface area contributed by atoms with E-state index in [0.29, 0.717) is 30.5 Å². The van der Waals surface area contributed by atoms with Gasteiger partial charge in [-0.3, -0.25) is 0 Å².